The van der Waals surface area contributed by atoms with Gasteiger partial charge in [-0.05, 0) is 49.9 Å². The van der Waals surface area contributed by atoms with Gasteiger partial charge in [0, 0.05) is 24.1 Å². The second-order valence-corrected chi connectivity index (χ2v) is 7.38. The molecule has 6 heteroatoms. The zero-order chi connectivity index (χ0) is 18.6. The summed E-state index contributed by atoms with van der Waals surface area (Å²) in [5.74, 6) is 1.31. The zero-order valence-corrected chi connectivity index (χ0v) is 16.0. The monoisotopic (exact) mass is 362 g/mol. The van der Waals surface area contributed by atoms with Gasteiger partial charge in [0.25, 0.3) is 0 Å². The van der Waals surface area contributed by atoms with E-state index >= 15 is 0 Å². The maximum Gasteiger partial charge on any atom is 0.227 e. The number of fused-ring (bicyclic) bond motifs is 1. The van der Waals surface area contributed by atoms with E-state index in [1.54, 1.807) is 12.4 Å². The third-order valence-corrected chi connectivity index (χ3v) is 5.29. The first-order valence-corrected chi connectivity index (χ1v) is 9.78. The fourth-order valence-corrected chi connectivity index (χ4v) is 3.58. The summed E-state index contributed by atoms with van der Waals surface area (Å²) in [6, 6.07) is 6.72. The van der Waals surface area contributed by atoms with Gasteiger partial charge in [0.2, 0.25) is 5.95 Å². The van der Waals surface area contributed by atoms with Crippen molar-refractivity contribution in [2.24, 2.45) is 0 Å². The molecule has 6 nitrogen and oxygen atoms in total. The third-order valence-electron chi connectivity index (χ3n) is 5.29. The molecule has 1 aliphatic carbocycles. The van der Waals surface area contributed by atoms with Gasteiger partial charge >= 0.3 is 0 Å². The molecule has 0 bridgehead atoms. The highest BCUT2D eigenvalue weighted by atomic mass is 15.2. The number of hydrogen-bond acceptors (Lipinski definition) is 6. The summed E-state index contributed by atoms with van der Waals surface area (Å²) in [7, 11) is 0. The maximum atomic E-state index is 4.74. The van der Waals surface area contributed by atoms with Gasteiger partial charge in [0.15, 0.2) is 17.0 Å². The molecule has 3 aromatic rings. The van der Waals surface area contributed by atoms with Crippen LogP contribution in [-0.4, -0.2) is 26.0 Å². The number of hydrogen-bond donors (Lipinski definition) is 2. The van der Waals surface area contributed by atoms with Crippen molar-refractivity contribution in [3.63, 3.8) is 0 Å². The number of anilines is 3. The molecule has 1 saturated carbocycles. The molecule has 0 radical (unpaired) electrons. The molecule has 2 heterocycles. The minimum absolute atomic E-state index is 0.427. The van der Waals surface area contributed by atoms with Crippen molar-refractivity contribution in [2.45, 2.75) is 58.4 Å². The van der Waals surface area contributed by atoms with Crippen molar-refractivity contribution in [1.29, 1.82) is 0 Å². The smallest absolute Gasteiger partial charge is 0.227 e. The lowest BCUT2D eigenvalue weighted by Crippen LogP contribution is -2.20. The highest BCUT2D eigenvalue weighted by molar-refractivity contribution is 5.85. The van der Waals surface area contributed by atoms with Gasteiger partial charge in [-0.1, -0.05) is 31.7 Å². The Bertz CT molecular complexity index is 931. The molecule has 0 atom stereocenters. The summed E-state index contributed by atoms with van der Waals surface area (Å²) < 4.78 is 0. The molecule has 0 saturated heterocycles. The van der Waals surface area contributed by atoms with E-state index in [1.807, 2.05) is 0 Å². The standard InChI is InChI=1S/C21H26N6/c1-14-9-10-17(13-15(14)2)24-20-18-19(23-12-11-22-18)26-21(27-20)25-16-7-5-3-4-6-8-16/h9-13,16H,3-8H2,1-2H3,(H2,23,24,25,26,27). The Morgan fingerprint density at radius 3 is 2.44 bits per heavy atom. The Labute approximate surface area is 159 Å². The summed E-state index contributed by atoms with van der Waals surface area (Å²) in [5.41, 5.74) is 4.78. The first-order valence-electron chi connectivity index (χ1n) is 9.78. The molecule has 1 fully saturated rings. The van der Waals surface area contributed by atoms with E-state index in [9.17, 15) is 0 Å². The lowest BCUT2D eigenvalue weighted by atomic mass is 10.1. The molecule has 0 amide bonds. The predicted octanol–water partition coefficient (Wildman–Crippen LogP) is 4.91. The van der Waals surface area contributed by atoms with Gasteiger partial charge < -0.3 is 10.6 Å². The van der Waals surface area contributed by atoms with Crippen LogP contribution in [0.3, 0.4) is 0 Å². The first-order chi connectivity index (χ1) is 13.2. The van der Waals surface area contributed by atoms with Gasteiger partial charge in [0.05, 0.1) is 0 Å². The first kappa shape index (κ1) is 17.6. The van der Waals surface area contributed by atoms with Crippen molar-refractivity contribution in [3.05, 3.63) is 41.7 Å². The van der Waals surface area contributed by atoms with E-state index < -0.39 is 0 Å². The highest BCUT2D eigenvalue weighted by Crippen LogP contribution is 2.25. The Balaban J connectivity index is 1.66. The van der Waals surface area contributed by atoms with Crippen LogP contribution in [0.1, 0.15) is 49.7 Å². The molecule has 0 aliphatic heterocycles. The Kier molecular flexibility index (Phi) is 5.14. The number of nitrogens with zero attached hydrogens (tertiary/aromatic N) is 4. The number of aromatic nitrogens is 4. The van der Waals surface area contributed by atoms with Gasteiger partial charge in [-0.25, -0.2) is 9.97 Å². The van der Waals surface area contributed by atoms with E-state index in [-0.39, 0.29) is 0 Å². The minimum atomic E-state index is 0.427. The second kappa shape index (κ2) is 7.86. The molecular weight excluding hydrogens is 336 g/mol. The maximum absolute atomic E-state index is 4.74. The second-order valence-electron chi connectivity index (χ2n) is 7.38. The summed E-state index contributed by atoms with van der Waals surface area (Å²) in [6.07, 6.45) is 10.9. The summed E-state index contributed by atoms with van der Waals surface area (Å²) in [5, 5.41) is 6.94. The number of benzene rings is 1. The average molecular weight is 362 g/mol. The molecule has 1 aliphatic rings. The Morgan fingerprint density at radius 1 is 0.889 bits per heavy atom. The number of rotatable bonds is 4. The van der Waals surface area contributed by atoms with Gasteiger partial charge in [-0.15, -0.1) is 0 Å². The minimum Gasteiger partial charge on any atom is -0.351 e. The van der Waals surface area contributed by atoms with E-state index in [1.165, 1.54) is 49.7 Å². The van der Waals surface area contributed by atoms with E-state index in [0.717, 1.165) is 5.69 Å². The summed E-state index contributed by atoms with van der Waals surface area (Å²) in [4.78, 5) is 18.2. The fraction of sp³-hybridized carbons (Fsp3) is 0.429. The number of nitrogens with one attached hydrogen (secondary N) is 2. The van der Waals surface area contributed by atoms with Crippen molar-refractivity contribution < 1.29 is 0 Å². The molecule has 4 rings (SSSR count). The van der Waals surface area contributed by atoms with E-state index in [4.69, 9.17) is 4.98 Å². The van der Waals surface area contributed by atoms with Crippen molar-refractivity contribution >= 4 is 28.6 Å². The largest absolute Gasteiger partial charge is 0.351 e. The van der Waals surface area contributed by atoms with Gasteiger partial charge in [0.1, 0.15) is 0 Å². The predicted molar refractivity (Wildman–Crippen MR) is 109 cm³/mol. The number of aryl methyl sites for hydroxylation is 2. The topological polar surface area (TPSA) is 75.6 Å². The normalized spacial score (nSPS) is 15.5. The van der Waals surface area contributed by atoms with Crippen LogP contribution in [0.4, 0.5) is 17.5 Å². The lowest BCUT2D eigenvalue weighted by molar-refractivity contribution is 0.615. The molecule has 27 heavy (non-hydrogen) atoms. The molecule has 0 unspecified atom stereocenters. The SMILES string of the molecule is Cc1ccc(Nc2nc(NC3CCCCCC3)nc3nccnc23)cc1C. The molecular formula is C21H26N6. The molecule has 2 aromatic heterocycles. The van der Waals surface area contributed by atoms with Crippen LogP contribution in [-0.2, 0) is 0 Å². The van der Waals surface area contributed by atoms with Crippen LogP contribution in [0, 0.1) is 13.8 Å². The molecule has 2 N–H and O–H groups in total. The van der Waals surface area contributed by atoms with Crippen LogP contribution in [0.5, 0.6) is 0 Å². The van der Waals surface area contributed by atoms with Crippen LogP contribution in [0.25, 0.3) is 11.2 Å². The van der Waals surface area contributed by atoms with Crippen LogP contribution in [0.2, 0.25) is 0 Å². The van der Waals surface area contributed by atoms with Crippen molar-refractivity contribution in [1.82, 2.24) is 19.9 Å². The Hall–Kier alpha value is -2.76. The molecule has 1 aromatic carbocycles. The van der Waals surface area contributed by atoms with E-state index in [0.29, 0.717) is 29.0 Å². The van der Waals surface area contributed by atoms with Crippen molar-refractivity contribution in [3.8, 4) is 0 Å². The van der Waals surface area contributed by atoms with Crippen molar-refractivity contribution in [2.75, 3.05) is 10.6 Å². The zero-order valence-electron chi connectivity index (χ0n) is 16.0. The van der Waals surface area contributed by atoms with Crippen LogP contribution in [0.15, 0.2) is 30.6 Å². The van der Waals surface area contributed by atoms with E-state index in [2.05, 4.69) is 57.6 Å². The highest BCUT2D eigenvalue weighted by Gasteiger charge is 2.16. The molecule has 140 valence electrons. The molecule has 0 spiro atoms. The average Bonchev–Trinajstić information content (AvgIpc) is 2.93. The lowest BCUT2D eigenvalue weighted by Gasteiger charge is -2.17. The van der Waals surface area contributed by atoms with Gasteiger partial charge in [-0.2, -0.15) is 9.97 Å². The Morgan fingerprint density at radius 2 is 1.67 bits per heavy atom. The quantitative estimate of drug-likeness (QED) is 0.642. The van der Waals surface area contributed by atoms with Crippen LogP contribution < -0.4 is 10.6 Å². The van der Waals surface area contributed by atoms with Gasteiger partial charge in [-0.3, -0.25) is 0 Å². The fourth-order valence-electron chi connectivity index (χ4n) is 3.58. The van der Waals surface area contributed by atoms with Crippen LogP contribution >= 0.6 is 0 Å². The summed E-state index contributed by atoms with van der Waals surface area (Å²) in [6.45, 7) is 4.22. The third kappa shape index (κ3) is 4.15. The summed E-state index contributed by atoms with van der Waals surface area (Å²) >= 11 is 0.